The number of aromatic nitrogens is 1. The summed E-state index contributed by atoms with van der Waals surface area (Å²) in [5.41, 5.74) is 2.69. The molecule has 0 aliphatic rings. The highest BCUT2D eigenvalue weighted by Crippen LogP contribution is 2.27. The summed E-state index contributed by atoms with van der Waals surface area (Å²) in [7, 11) is 0. The van der Waals surface area contributed by atoms with Crippen LogP contribution in [0.3, 0.4) is 0 Å². The molecule has 0 saturated carbocycles. The van der Waals surface area contributed by atoms with E-state index in [1.807, 2.05) is 39.8 Å². The predicted molar refractivity (Wildman–Crippen MR) is 59.8 cm³/mol. The van der Waals surface area contributed by atoms with E-state index < -0.39 is 0 Å². The van der Waals surface area contributed by atoms with Crippen LogP contribution in [0.15, 0.2) is 16.7 Å². The molecule has 0 radical (unpaired) electrons. The molecule has 3 heteroatoms. The Labute approximate surface area is 88.8 Å². The van der Waals surface area contributed by atoms with Gasteiger partial charge >= 0.3 is 0 Å². The Kier molecular flexibility index (Phi) is 3.53. The first-order valence-electron chi connectivity index (χ1n) is 4.70. The summed E-state index contributed by atoms with van der Waals surface area (Å²) < 4.78 is 5.08. The third-order valence-electron chi connectivity index (χ3n) is 1.84. The van der Waals surface area contributed by atoms with Crippen LogP contribution >= 0.6 is 11.6 Å². The average Bonchev–Trinajstić information content (AvgIpc) is 2.51. The minimum absolute atomic E-state index is 0.712. The van der Waals surface area contributed by atoms with E-state index in [1.165, 1.54) is 0 Å². The molecular formula is C11H14ClNO. The number of halogens is 1. The van der Waals surface area contributed by atoms with E-state index in [4.69, 9.17) is 16.1 Å². The van der Waals surface area contributed by atoms with Crippen molar-refractivity contribution in [3.63, 3.8) is 0 Å². The number of benzene rings is 1. The Balaban J connectivity index is 0.000000461. The number of aryl methyl sites for hydroxylation is 2. The molecule has 0 unspecified atom stereocenters. The van der Waals surface area contributed by atoms with E-state index >= 15 is 0 Å². The van der Waals surface area contributed by atoms with Crippen LogP contribution in [0.1, 0.15) is 25.1 Å². The molecule has 2 nitrogen and oxygen atoms in total. The van der Waals surface area contributed by atoms with E-state index in [0.717, 1.165) is 22.2 Å². The Bertz CT molecular complexity index is 434. The van der Waals surface area contributed by atoms with Gasteiger partial charge < -0.3 is 4.52 Å². The summed E-state index contributed by atoms with van der Waals surface area (Å²) in [6, 6.07) is 3.84. The lowest BCUT2D eigenvalue weighted by Gasteiger charge is -1.94. The van der Waals surface area contributed by atoms with Crippen molar-refractivity contribution in [2.75, 3.05) is 0 Å². The van der Waals surface area contributed by atoms with Crippen LogP contribution < -0.4 is 0 Å². The maximum atomic E-state index is 6.01. The molecule has 0 amide bonds. The summed E-state index contributed by atoms with van der Waals surface area (Å²) in [6.45, 7) is 7.86. The lowest BCUT2D eigenvalue weighted by molar-refractivity contribution is 0.450. The second-order valence-corrected chi connectivity index (χ2v) is 3.30. The summed E-state index contributed by atoms with van der Waals surface area (Å²) in [5.74, 6) is 0. The Morgan fingerprint density at radius 3 is 2.50 bits per heavy atom. The third kappa shape index (κ3) is 1.90. The second kappa shape index (κ2) is 4.47. The first-order chi connectivity index (χ1) is 6.68. The van der Waals surface area contributed by atoms with Gasteiger partial charge in [0.2, 0.25) is 0 Å². The van der Waals surface area contributed by atoms with Crippen LogP contribution in [0.5, 0.6) is 0 Å². The Morgan fingerprint density at radius 1 is 1.21 bits per heavy atom. The molecule has 1 heterocycles. The maximum absolute atomic E-state index is 6.01. The van der Waals surface area contributed by atoms with E-state index in [1.54, 1.807) is 0 Å². The smallest absolute Gasteiger partial charge is 0.168 e. The summed E-state index contributed by atoms with van der Waals surface area (Å²) >= 11 is 6.01. The quantitative estimate of drug-likeness (QED) is 0.655. The van der Waals surface area contributed by atoms with Crippen LogP contribution in [0, 0.1) is 13.8 Å². The molecule has 0 aliphatic heterocycles. The zero-order valence-corrected chi connectivity index (χ0v) is 9.64. The first-order valence-corrected chi connectivity index (χ1v) is 5.08. The molecular weight excluding hydrogens is 198 g/mol. The molecule has 0 fully saturated rings. The van der Waals surface area contributed by atoms with Gasteiger partial charge in [-0.1, -0.05) is 30.6 Å². The summed E-state index contributed by atoms with van der Waals surface area (Å²) in [4.78, 5) is 0. The van der Waals surface area contributed by atoms with Crippen LogP contribution in [0.25, 0.3) is 11.0 Å². The lowest BCUT2D eigenvalue weighted by atomic mass is 10.1. The average molecular weight is 212 g/mol. The first kappa shape index (κ1) is 11.1. The molecule has 0 saturated heterocycles. The summed E-state index contributed by atoms with van der Waals surface area (Å²) in [6.07, 6.45) is 0. The van der Waals surface area contributed by atoms with Crippen molar-refractivity contribution < 1.29 is 4.52 Å². The normalized spacial score (nSPS) is 9.79. The van der Waals surface area contributed by atoms with Crippen molar-refractivity contribution in [2.24, 2.45) is 0 Å². The molecule has 0 N–H and O–H groups in total. The number of hydrogen-bond donors (Lipinski definition) is 0. The van der Waals surface area contributed by atoms with Crippen molar-refractivity contribution in [1.82, 2.24) is 5.16 Å². The van der Waals surface area contributed by atoms with Gasteiger partial charge in [-0.2, -0.15) is 0 Å². The van der Waals surface area contributed by atoms with Crippen molar-refractivity contribution in [3.05, 3.63) is 28.4 Å². The fourth-order valence-electron chi connectivity index (χ4n) is 1.30. The molecule has 1 aromatic carbocycles. The highest BCUT2D eigenvalue weighted by Gasteiger charge is 2.08. The predicted octanol–water partition coefficient (Wildman–Crippen LogP) is 4.12. The van der Waals surface area contributed by atoms with Gasteiger partial charge in [0, 0.05) is 0 Å². The van der Waals surface area contributed by atoms with Crippen LogP contribution in [0.4, 0.5) is 0 Å². The molecule has 0 aliphatic carbocycles. The van der Waals surface area contributed by atoms with Gasteiger partial charge in [-0.3, -0.25) is 0 Å². The maximum Gasteiger partial charge on any atom is 0.168 e. The van der Waals surface area contributed by atoms with Gasteiger partial charge in [-0.25, -0.2) is 0 Å². The third-order valence-corrected chi connectivity index (χ3v) is 2.14. The largest absolute Gasteiger partial charge is 0.356 e. The van der Waals surface area contributed by atoms with Crippen molar-refractivity contribution in [3.8, 4) is 0 Å². The standard InChI is InChI=1S/C9H8ClNO.C2H6/c1-5-3-7(10)9-6(2)11-12-8(9)4-5;1-2/h3-4H,1-2H3;1-2H3. The fourth-order valence-corrected chi connectivity index (χ4v) is 1.70. The van der Waals surface area contributed by atoms with Crippen LogP contribution in [-0.2, 0) is 0 Å². The van der Waals surface area contributed by atoms with E-state index in [-0.39, 0.29) is 0 Å². The second-order valence-electron chi connectivity index (χ2n) is 2.89. The van der Waals surface area contributed by atoms with Crippen LogP contribution in [-0.4, -0.2) is 5.16 Å². The highest BCUT2D eigenvalue weighted by atomic mass is 35.5. The van der Waals surface area contributed by atoms with E-state index in [0.29, 0.717) is 5.02 Å². The van der Waals surface area contributed by atoms with E-state index in [9.17, 15) is 0 Å². The van der Waals surface area contributed by atoms with Crippen molar-refractivity contribution in [2.45, 2.75) is 27.7 Å². The monoisotopic (exact) mass is 211 g/mol. The van der Waals surface area contributed by atoms with Gasteiger partial charge in [-0.15, -0.1) is 0 Å². The molecule has 2 aromatic rings. The highest BCUT2D eigenvalue weighted by molar-refractivity contribution is 6.35. The van der Waals surface area contributed by atoms with Gasteiger partial charge in [0.15, 0.2) is 5.58 Å². The van der Waals surface area contributed by atoms with Crippen molar-refractivity contribution in [1.29, 1.82) is 0 Å². The fraction of sp³-hybridized carbons (Fsp3) is 0.364. The zero-order chi connectivity index (χ0) is 10.7. The van der Waals surface area contributed by atoms with Crippen LogP contribution in [0.2, 0.25) is 5.02 Å². The molecule has 0 atom stereocenters. The van der Waals surface area contributed by atoms with Gasteiger partial charge in [-0.05, 0) is 31.5 Å². The summed E-state index contributed by atoms with van der Waals surface area (Å²) in [5, 5.41) is 5.47. The lowest BCUT2D eigenvalue weighted by Crippen LogP contribution is -1.75. The van der Waals surface area contributed by atoms with Gasteiger partial charge in [0.05, 0.1) is 16.1 Å². The Morgan fingerprint density at radius 2 is 1.86 bits per heavy atom. The van der Waals surface area contributed by atoms with Gasteiger partial charge in [0.1, 0.15) is 0 Å². The number of fused-ring (bicyclic) bond motifs is 1. The molecule has 1 aromatic heterocycles. The minimum atomic E-state index is 0.712. The molecule has 0 spiro atoms. The Hall–Kier alpha value is -1.02. The number of rotatable bonds is 0. The molecule has 14 heavy (non-hydrogen) atoms. The van der Waals surface area contributed by atoms with E-state index in [2.05, 4.69) is 5.16 Å². The SMILES string of the molecule is CC.Cc1cc(Cl)c2c(C)noc2c1. The topological polar surface area (TPSA) is 26.0 Å². The minimum Gasteiger partial charge on any atom is -0.356 e. The van der Waals surface area contributed by atoms with Crippen molar-refractivity contribution >= 4 is 22.6 Å². The number of nitrogens with zero attached hydrogens (tertiary/aromatic N) is 1. The molecule has 76 valence electrons. The number of hydrogen-bond acceptors (Lipinski definition) is 2. The molecule has 0 bridgehead atoms. The zero-order valence-electron chi connectivity index (χ0n) is 8.89. The van der Waals surface area contributed by atoms with Gasteiger partial charge in [0.25, 0.3) is 0 Å². The molecule has 2 rings (SSSR count).